The van der Waals surface area contributed by atoms with Gasteiger partial charge in [-0.05, 0) is 51.3 Å². The Kier molecular flexibility index (Phi) is 3.49. The summed E-state index contributed by atoms with van der Waals surface area (Å²) in [6, 6.07) is 7.38. The van der Waals surface area contributed by atoms with Crippen molar-refractivity contribution in [1.29, 1.82) is 0 Å². The summed E-state index contributed by atoms with van der Waals surface area (Å²) in [5.41, 5.74) is 9.96. The molecule has 2 nitrogen and oxygen atoms in total. The molecule has 0 saturated heterocycles. The number of anilines is 1. The van der Waals surface area contributed by atoms with Crippen LogP contribution in [0.25, 0.3) is 0 Å². The molecule has 0 spiro atoms. The summed E-state index contributed by atoms with van der Waals surface area (Å²) in [7, 11) is 0. The Morgan fingerprint density at radius 1 is 1.44 bits per heavy atom. The van der Waals surface area contributed by atoms with E-state index < -0.39 is 0 Å². The number of hydrogen-bond acceptors (Lipinski definition) is 2. The first-order valence-corrected chi connectivity index (χ1v) is 6.28. The van der Waals surface area contributed by atoms with Gasteiger partial charge in [-0.3, -0.25) is 0 Å². The smallest absolute Gasteiger partial charge is 0.0401 e. The highest BCUT2D eigenvalue weighted by molar-refractivity contribution is 5.57. The topological polar surface area (TPSA) is 29.3 Å². The van der Waals surface area contributed by atoms with Crippen LogP contribution in [0.2, 0.25) is 0 Å². The molecule has 2 N–H and O–H groups in total. The number of fused-ring (bicyclic) bond motifs is 1. The lowest BCUT2D eigenvalue weighted by Crippen LogP contribution is -2.38. The first kappa shape index (κ1) is 11.5. The van der Waals surface area contributed by atoms with Crippen molar-refractivity contribution in [3.05, 3.63) is 29.3 Å². The zero-order valence-corrected chi connectivity index (χ0v) is 10.4. The van der Waals surface area contributed by atoms with Crippen molar-refractivity contribution < 1.29 is 0 Å². The number of aryl methyl sites for hydroxylation is 2. The maximum absolute atomic E-state index is 5.65. The normalized spacial score (nSPS) is 17.1. The standard InChI is InChI=1S/C14H22N2/c1-11-5-6-14-13(10-11)4-3-9-16(14)12(2)7-8-15/h5-6,10,12H,3-4,7-9,15H2,1-2H3. The molecule has 0 bridgehead atoms. The van der Waals surface area contributed by atoms with Crippen molar-refractivity contribution >= 4 is 5.69 Å². The Bertz CT molecular complexity index is 360. The van der Waals surface area contributed by atoms with E-state index >= 15 is 0 Å². The Morgan fingerprint density at radius 3 is 3.00 bits per heavy atom. The zero-order valence-electron chi connectivity index (χ0n) is 10.4. The highest BCUT2D eigenvalue weighted by atomic mass is 15.2. The average molecular weight is 218 g/mol. The molecule has 0 radical (unpaired) electrons. The number of nitrogens with zero attached hydrogens (tertiary/aromatic N) is 1. The van der Waals surface area contributed by atoms with Gasteiger partial charge in [0, 0.05) is 18.3 Å². The fraction of sp³-hybridized carbons (Fsp3) is 0.571. The fourth-order valence-corrected chi connectivity index (χ4v) is 2.61. The minimum absolute atomic E-state index is 0.562. The first-order chi connectivity index (χ1) is 7.72. The molecule has 1 aliphatic rings. The molecule has 1 atom stereocenters. The third-order valence-electron chi connectivity index (χ3n) is 3.51. The van der Waals surface area contributed by atoms with Crippen LogP contribution in [0.15, 0.2) is 18.2 Å². The largest absolute Gasteiger partial charge is 0.369 e. The van der Waals surface area contributed by atoms with Gasteiger partial charge in [-0.2, -0.15) is 0 Å². The summed E-state index contributed by atoms with van der Waals surface area (Å²) in [5.74, 6) is 0. The Balaban J connectivity index is 2.25. The second kappa shape index (κ2) is 4.88. The molecular weight excluding hydrogens is 196 g/mol. The second-order valence-corrected chi connectivity index (χ2v) is 4.86. The summed E-state index contributed by atoms with van der Waals surface area (Å²) < 4.78 is 0. The third-order valence-corrected chi connectivity index (χ3v) is 3.51. The lowest BCUT2D eigenvalue weighted by Gasteiger charge is -2.36. The van der Waals surface area contributed by atoms with Gasteiger partial charge in [0.25, 0.3) is 0 Å². The molecular formula is C14H22N2. The number of hydrogen-bond donors (Lipinski definition) is 1. The molecule has 0 aliphatic carbocycles. The van der Waals surface area contributed by atoms with Gasteiger partial charge in [0.15, 0.2) is 0 Å². The molecule has 1 heterocycles. The van der Waals surface area contributed by atoms with Gasteiger partial charge in [0.2, 0.25) is 0 Å². The van der Waals surface area contributed by atoms with Gasteiger partial charge in [-0.15, -0.1) is 0 Å². The van der Waals surface area contributed by atoms with Crippen LogP contribution in [0, 0.1) is 6.92 Å². The van der Waals surface area contributed by atoms with Gasteiger partial charge in [-0.1, -0.05) is 17.7 Å². The van der Waals surface area contributed by atoms with Gasteiger partial charge >= 0.3 is 0 Å². The quantitative estimate of drug-likeness (QED) is 0.844. The molecule has 1 aromatic rings. The number of rotatable bonds is 3. The molecule has 0 saturated carbocycles. The van der Waals surface area contributed by atoms with E-state index in [2.05, 4.69) is 36.9 Å². The van der Waals surface area contributed by atoms with Crippen molar-refractivity contribution in [1.82, 2.24) is 0 Å². The van der Waals surface area contributed by atoms with E-state index in [-0.39, 0.29) is 0 Å². The molecule has 0 fully saturated rings. The highest BCUT2D eigenvalue weighted by Gasteiger charge is 2.20. The van der Waals surface area contributed by atoms with Crippen LogP contribution in [0.3, 0.4) is 0 Å². The molecule has 16 heavy (non-hydrogen) atoms. The molecule has 2 heteroatoms. The molecule has 88 valence electrons. The summed E-state index contributed by atoms with van der Waals surface area (Å²) in [6.07, 6.45) is 3.57. The van der Waals surface area contributed by atoms with Crippen molar-refractivity contribution in [2.75, 3.05) is 18.0 Å². The molecule has 0 aromatic heterocycles. The van der Waals surface area contributed by atoms with Crippen LogP contribution in [-0.4, -0.2) is 19.1 Å². The van der Waals surface area contributed by atoms with Crippen LogP contribution in [0.5, 0.6) is 0 Å². The second-order valence-electron chi connectivity index (χ2n) is 4.86. The molecule has 0 amide bonds. The lowest BCUT2D eigenvalue weighted by atomic mass is 9.98. The van der Waals surface area contributed by atoms with Crippen LogP contribution < -0.4 is 10.6 Å². The van der Waals surface area contributed by atoms with Crippen molar-refractivity contribution in [2.24, 2.45) is 5.73 Å². The highest BCUT2D eigenvalue weighted by Crippen LogP contribution is 2.29. The van der Waals surface area contributed by atoms with Gasteiger partial charge in [-0.25, -0.2) is 0 Å². The predicted molar refractivity (Wildman–Crippen MR) is 70.0 cm³/mol. The first-order valence-electron chi connectivity index (χ1n) is 6.28. The van der Waals surface area contributed by atoms with Crippen molar-refractivity contribution in [3.8, 4) is 0 Å². The third kappa shape index (κ3) is 2.22. The minimum Gasteiger partial charge on any atom is -0.369 e. The molecule has 1 aliphatic heterocycles. The lowest BCUT2D eigenvalue weighted by molar-refractivity contribution is 0.565. The van der Waals surface area contributed by atoms with Gasteiger partial charge < -0.3 is 10.6 Å². The van der Waals surface area contributed by atoms with E-state index in [1.165, 1.54) is 36.2 Å². The van der Waals surface area contributed by atoms with Crippen LogP contribution in [-0.2, 0) is 6.42 Å². The Hall–Kier alpha value is -1.02. The summed E-state index contributed by atoms with van der Waals surface area (Å²) in [4.78, 5) is 2.52. The SMILES string of the molecule is Cc1ccc2c(c1)CCCN2C(C)CCN. The monoisotopic (exact) mass is 218 g/mol. The van der Waals surface area contributed by atoms with E-state index in [1.54, 1.807) is 0 Å². The predicted octanol–water partition coefficient (Wildman–Crippen LogP) is 2.48. The Labute approximate surface area is 98.4 Å². The zero-order chi connectivity index (χ0) is 11.5. The maximum Gasteiger partial charge on any atom is 0.0401 e. The maximum atomic E-state index is 5.65. The van der Waals surface area contributed by atoms with Crippen molar-refractivity contribution in [2.45, 2.75) is 39.2 Å². The van der Waals surface area contributed by atoms with Crippen LogP contribution in [0.1, 0.15) is 30.9 Å². The van der Waals surface area contributed by atoms with Crippen LogP contribution in [0.4, 0.5) is 5.69 Å². The van der Waals surface area contributed by atoms with E-state index in [4.69, 9.17) is 5.73 Å². The Morgan fingerprint density at radius 2 is 2.25 bits per heavy atom. The number of nitrogens with two attached hydrogens (primary N) is 1. The number of benzene rings is 1. The summed E-state index contributed by atoms with van der Waals surface area (Å²) in [5, 5.41) is 0. The van der Waals surface area contributed by atoms with E-state index in [9.17, 15) is 0 Å². The van der Waals surface area contributed by atoms with Gasteiger partial charge in [0.05, 0.1) is 0 Å². The summed E-state index contributed by atoms with van der Waals surface area (Å²) in [6.45, 7) is 6.40. The van der Waals surface area contributed by atoms with Crippen molar-refractivity contribution in [3.63, 3.8) is 0 Å². The van der Waals surface area contributed by atoms with E-state index in [0.717, 1.165) is 13.0 Å². The van der Waals surface area contributed by atoms with E-state index in [0.29, 0.717) is 6.04 Å². The van der Waals surface area contributed by atoms with Gasteiger partial charge in [0.1, 0.15) is 0 Å². The minimum atomic E-state index is 0.562. The fourth-order valence-electron chi connectivity index (χ4n) is 2.61. The molecule has 2 rings (SSSR count). The van der Waals surface area contributed by atoms with Crippen LogP contribution >= 0.6 is 0 Å². The molecule has 1 unspecified atom stereocenters. The average Bonchev–Trinajstić information content (AvgIpc) is 2.28. The summed E-state index contributed by atoms with van der Waals surface area (Å²) >= 11 is 0. The van der Waals surface area contributed by atoms with E-state index in [1.807, 2.05) is 0 Å². The molecule has 1 aromatic carbocycles.